The summed E-state index contributed by atoms with van der Waals surface area (Å²) < 4.78 is 47.3. The first-order chi connectivity index (χ1) is 15.8. The molecular formula is C24H26ClFN2O4S. The largest absolute Gasteiger partial charge is 0.490 e. The number of hydrogen-bond donors (Lipinski definition) is 2. The lowest BCUT2D eigenvalue weighted by Crippen LogP contribution is -2.17. The number of ether oxygens (including phenoxy) is 2. The highest BCUT2D eigenvalue weighted by molar-refractivity contribution is 7.89. The summed E-state index contributed by atoms with van der Waals surface area (Å²) in [6.07, 6.45) is 0.708. The van der Waals surface area contributed by atoms with E-state index in [0.717, 1.165) is 16.7 Å². The van der Waals surface area contributed by atoms with Gasteiger partial charge in [-0.2, -0.15) is 0 Å². The van der Waals surface area contributed by atoms with Crippen molar-refractivity contribution in [3.8, 4) is 11.5 Å². The number of primary sulfonamides is 1. The molecule has 3 N–H and O–H groups in total. The molecule has 0 radical (unpaired) electrons. The second-order valence-electron chi connectivity index (χ2n) is 7.35. The van der Waals surface area contributed by atoms with E-state index in [9.17, 15) is 12.8 Å². The van der Waals surface area contributed by atoms with Gasteiger partial charge in [0.05, 0.1) is 11.5 Å². The minimum atomic E-state index is -3.69. The van der Waals surface area contributed by atoms with Crippen LogP contribution in [0.5, 0.6) is 11.5 Å². The van der Waals surface area contributed by atoms with E-state index in [1.165, 1.54) is 24.3 Å². The van der Waals surface area contributed by atoms with Gasteiger partial charge < -0.3 is 14.8 Å². The van der Waals surface area contributed by atoms with E-state index >= 15 is 0 Å². The molecule has 0 unspecified atom stereocenters. The van der Waals surface area contributed by atoms with Crippen LogP contribution in [-0.2, 0) is 29.6 Å². The molecule has 6 nitrogen and oxygen atoms in total. The molecule has 0 spiro atoms. The van der Waals surface area contributed by atoms with E-state index in [4.69, 9.17) is 26.2 Å². The molecular weight excluding hydrogens is 467 g/mol. The van der Waals surface area contributed by atoms with Gasteiger partial charge in [0, 0.05) is 17.6 Å². The van der Waals surface area contributed by atoms with Gasteiger partial charge in [-0.25, -0.2) is 17.9 Å². The van der Waals surface area contributed by atoms with Crippen molar-refractivity contribution in [1.29, 1.82) is 0 Å². The van der Waals surface area contributed by atoms with Gasteiger partial charge in [0.1, 0.15) is 12.4 Å². The highest BCUT2D eigenvalue weighted by atomic mass is 35.5. The third-order valence-electron chi connectivity index (χ3n) is 4.88. The molecule has 0 aliphatic rings. The van der Waals surface area contributed by atoms with E-state index in [-0.39, 0.29) is 17.3 Å². The second-order valence-corrected chi connectivity index (χ2v) is 9.32. The Bertz CT molecular complexity index is 1170. The van der Waals surface area contributed by atoms with Gasteiger partial charge in [0.15, 0.2) is 11.5 Å². The van der Waals surface area contributed by atoms with Crippen LogP contribution in [0.4, 0.5) is 4.39 Å². The topological polar surface area (TPSA) is 90.6 Å². The molecule has 0 aromatic heterocycles. The summed E-state index contributed by atoms with van der Waals surface area (Å²) >= 11 is 6.47. The Hall–Kier alpha value is -2.65. The van der Waals surface area contributed by atoms with Crippen LogP contribution in [0.15, 0.2) is 65.6 Å². The summed E-state index contributed by atoms with van der Waals surface area (Å²) in [6.45, 7) is 3.80. The summed E-state index contributed by atoms with van der Waals surface area (Å²) in [7, 11) is -3.69. The summed E-state index contributed by atoms with van der Waals surface area (Å²) in [6, 6.07) is 16.2. The monoisotopic (exact) mass is 492 g/mol. The van der Waals surface area contributed by atoms with Crippen molar-refractivity contribution >= 4 is 21.6 Å². The molecule has 0 bridgehead atoms. The Morgan fingerprint density at radius 2 is 1.61 bits per heavy atom. The third kappa shape index (κ3) is 7.43. The lowest BCUT2D eigenvalue weighted by molar-refractivity contribution is 0.269. The molecule has 0 atom stereocenters. The fourth-order valence-corrected chi connectivity index (χ4v) is 3.87. The van der Waals surface area contributed by atoms with E-state index in [1.54, 1.807) is 30.3 Å². The first-order valence-electron chi connectivity index (χ1n) is 10.4. The van der Waals surface area contributed by atoms with Crippen molar-refractivity contribution in [2.45, 2.75) is 31.4 Å². The SMILES string of the molecule is CCOc1cc(CNCCc2ccc(S(N)(=O)=O)cc2)c(Cl)cc1OCc1ccc(F)cc1. The number of hydrogen-bond acceptors (Lipinski definition) is 5. The van der Waals surface area contributed by atoms with Gasteiger partial charge in [-0.05, 0) is 66.9 Å². The number of sulfonamides is 1. The van der Waals surface area contributed by atoms with Gasteiger partial charge in [-0.1, -0.05) is 35.9 Å². The maximum absolute atomic E-state index is 13.1. The smallest absolute Gasteiger partial charge is 0.238 e. The Morgan fingerprint density at radius 3 is 2.24 bits per heavy atom. The van der Waals surface area contributed by atoms with Crippen molar-refractivity contribution in [3.63, 3.8) is 0 Å². The van der Waals surface area contributed by atoms with Crippen molar-refractivity contribution in [3.05, 3.63) is 88.2 Å². The summed E-state index contributed by atoms with van der Waals surface area (Å²) in [5.74, 6) is 0.804. The Balaban J connectivity index is 1.58. The molecule has 0 aliphatic carbocycles. The zero-order valence-corrected chi connectivity index (χ0v) is 19.8. The fourth-order valence-electron chi connectivity index (χ4n) is 3.14. The molecule has 0 aliphatic heterocycles. The van der Waals surface area contributed by atoms with Crippen LogP contribution in [0.25, 0.3) is 0 Å². The third-order valence-corrected chi connectivity index (χ3v) is 6.16. The van der Waals surface area contributed by atoms with E-state index in [1.807, 2.05) is 13.0 Å². The molecule has 0 fully saturated rings. The van der Waals surface area contributed by atoms with Gasteiger partial charge in [0.25, 0.3) is 0 Å². The van der Waals surface area contributed by atoms with Crippen LogP contribution < -0.4 is 19.9 Å². The number of nitrogens with one attached hydrogen (secondary N) is 1. The number of benzene rings is 3. The molecule has 3 rings (SSSR count). The first kappa shape index (κ1) is 25.0. The molecule has 0 saturated heterocycles. The van der Waals surface area contributed by atoms with Crippen molar-refractivity contribution in [2.75, 3.05) is 13.2 Å². The molecule has 176 valence electrons. The molecule has 0 heterocycles. The van der Waals surface area contributed by atoms with Crippen molar-refractivity contribution in [1.82, 2.24) is 5.32 Å². The average molecular weight is 493 g/mol. The van der Waals surface area contributed by atoms with Crippen LogP contribution in [0.3, 0.4) is 0 Å². The Kier molecular flexibility index (Phi) is 8.68. The van der Waals surface area contributed by atoms with E-state index in [0.29, 0.717) is 42.6 Å². The van der Waals surface area contributed by atoms with Gasteiger partial charge in [-0.15, -0.1) is 0 Å². The zero-order chi connectivity index (χ0) is 23.8. The number of nitrogens with two attached hydrogens (primary N) is 1. The predicted octanol–water partition coefficient (Wildman–Crippen LogP) is 4.44. The zero-order valence-electron chi connectivity index (χ0n) is 18.2. The summed E-state index contributed by atoms with van der Waals surface area (Å²) in [4.78, 5) is 0.0937. The molecule has 0 amide bonds. The molecule has 3 aromatic rings. The second kappa shape index (κ2) is 11.5. The van der Waals surface area contributed by atoms with Crippen molar-refractivity contribution < 1.29 is 22.3 Å². The predicted molar refractivity (Wildman–Crippen MR) is 127 cm³/mol. The number of halogens is 2. The van der Waals surface area contributed by atoms with E-state index in [2.05, 4.69) is 5.32 Å². The van der Waals surface area contributed by atoms with Crippen LogP contribution in [0.1, 0.15) is 23.6 Å². The summed E-state index contributed by atoms with van der Waals surface area (Å²) in [5, 5.41) is 8.99. The van der Waals surface area contributed by atoms with Crippen molar-refractivity contribution in [2.24, 2.45) is 5.14 Å². The minimum absolute atomic E-state index is 0.0937. The summed E-state index contributed by atoms with van der Waals surface area (Å²) in [5.41, 5.74) is 2.68. The molecule has 9 heteroatoms. The van der Waals surface area contributed by atoms with Crippen LogP contribution in [0, 0.1) is 5.82 Å². The average Bonchev–Trinajstić information content (AvgIpc) is 2.78. The lowest BCUT2D eigenvalue weighted by Gasteiger charge is -2.15. The quantitative estimate of drug-likeness (QED) is 0.386. The maximum Gasteiger partial charge on any atom is 0.238 e. The lowest BCUT2D eigenvalue weighted by atomic mass is 10.1. The Morgan fingerprint density at radius 1 is 0.970 bits per heavy atom. The minimum Gasteiger partial charge on any atom is -0.490 e. The molecule has 3 aromatic carbocycles. The standard InChI is InChI=1S/C24H26ClFN2O4S/c1-2-31-23-13-19(15-28-12-11-17-5-9-21(10-6-17)33(27,29)30)22(25)14-24(23)32-16-18-3-7-20(26)8-4-18/h3-10,13-14,28H,2,11-12,15-16H2,1H3,(H2,27,29,30). The fraction of sp³-hybridized carbons (Fsp3) is 0.250. The molecule has 0 saturated carbocycles. The normalized spacial score (nSPS) is 11.4. The maximum atomic E-state index is 13.1. The highest BCUT2D eigenvalue weighted by Gasteiger charge is 2.12. The Labute approximate surface area is 198 Å². The van der Waals surface area contributed by atoms with Gasteiger partial charge in [0.2, 0.25) is 10.0 Å². The van der Waals surface area contributed by atoms with Crippen LogP contribution >= 0.6 is 11.6 Å². The molecule has 33 heavy (non-hydrogen) atoms. The van der Waals surface area contributed by atoms with Gasteiger partial charge in [-0.3, -0.25) is 0 Å². The number of rotatable bonds is 11. The first-order valence-corrected chi connectivity index (χ1v) is 12.3. The van der Waals surface area contributed by atoms with E-state index < -0.39 is 10.0 Å². The van der Waals surface area contributed by atoms with Crippen LogP contribution in [0.2, 0.25) is 5.02 Å². The highest BCUT2D eigenvalue weighted by Crippen LogP contribution is 2.34. The van der Waals surface area contributed by atoms with Gasteiger partial charge >= 0.3 is 0 Å². The van der Waals surface area contributed by atoms with Crippen LogP contribution in [-0.4, -0.2) is 21.6 Å².